The topological polar surface area (TPSA) is 26.9 Å². The highest BCUT2D eigenvalue weighted by Gasteiger charge is 2.10. The third-order valence-electron chi connectivity index (χ3n) is 3.14. The molecule has 3 rings (SSSR count). The second-order valence-corrected chi connectivity index (χ2v) is 4.07. The van der Waals surface area contributed by atoms with Crippen molar-refractivity contribution in [3.63, 3.8) is 0 Å². The van der Waals surface area contributed by atoms with Crippen molar-refractivity contribution in [1.29, 1.82) is 0 Å². The number of aromatic nitrogens is 2. The van der Waals surface area contributed by atoms with E-state index in [0.29, 0.717) is 0 Å². The molecule has 0 aliphatic carbocycles. The van der Waals surface area contributed by atoms with Crippen molar-refractivity contribution in [3.8, 4) is 0 Å². The Balaban J connectivity index is 2.74. The van der Waals surface area contributed by atoms with E-state index in [-0.39, 0.29) is 5.56 Å². The fraction of sp³-hybridized carbons (Fsp3) is 0.154. The fourth-order valence-electron chi connectivity index (χ4n) is 2.26. The molecule has 0 radical (unpaired) electrons. The van der Waals surface area contributed by atoms with Crippen molar-refractivity contribution in [3.05, 3.63) is 46.9 Å². The van der Waals surface area contributed by atoms with Crippen LogP contribution in [-0.4, -0.2) is 9.13 Å². The predicted octanol–water partition coefficient (Wildman–Crippen LogP) is 2.03. The van der Waals surface area contributed by atoms with Crippen LogP contribution >= 0.6 is 0 Å². The number of pyridine rings is 1. The molecule has 0 aliphatic heterocycles. The van der Waals surface area contributed by atoms with E-state index in [2.05, 4.69) is 4.57 Å². The van der Waals surface area contributed by atoms with Crippen LogP contribution in [0.5, 0.6) is 0 Å². The van der Waals surface area contributed by atoms with Gasteiger partial charge in [0.05, 0.1) is 10.9 Å². The molecule has 2 aromatic heterocycles. The SMILES string of the molecule is Cn1ccc2c(c1=O)c1ccccc1n2C. The van der Waals surface area contributed by atoms with Crippen molar-refractivity contribution in [1.82, 2.24) is 9.13 Å². The number of nitrogens with zero attached hydrogens (tertiary/aromatic N) is 2. The lowest BCUT2D eigenvalue weighted by Crippen LogP contribution is -2.15. The normalized spacial score (nSPS) is 11.4. The van der Waals surface area contributed by atoms with Gasteiger partial charge >= 0.3 is 0 Å². The number of para-hydroxylation sites is 1. The highest BCUT2D eigenvalue weighted by atomic mass is 16.1. The Labute approximate surface area is 92.5 Å². The van der Waals surface area contributed by atoms with Gasteiger partial charge in [-0.3, -0.25) is 4.79 Å². The van der Waals surface area contributed by atoms with Crippen LogP contribution in [0.2, 0.25) is 0 Å². The van der Waals surface area contributed by atoms with Crippen LogP contribution in [0.25, 0.3) is 21.8 Å². The van der Waals surface area contributed by atoms with Crippen molar-refractivity contribution < 1.29 is 0 Å². The first-order chi connectivity index (χ1) is 7.70. The molecular weight excluding hydrogens is 200 g/mol. The Morgan fingerprint density at radius 2 is 1.75 bits per heavy atom. The van der Waals surface area contributed by atoms with Gasteiger partial charge in [0.15, 0.2) is 0 Å². The maximum atomic E-state index is 12.1. The molecule has 0 N–H and O–H groups in total. The van der Waals surface area contributed by atoms with E-state index in [1.807, 2.05) is 43.6 Å². The maximum absolute atomic E-state index is 12.1. The first-order valence-corrected chi connectivity index (χ1v) is 5.23. The summed E-state index contributed by atoms with van der Waals surface area (Å²) in [6.07, 6.45) is 1.81. The van der Waals surface area contributed by atoms with E-state index in [1.54, 1.807) is 11.6 Å². The summed E-state index contributed by atoms with van der Waals surface area (Å²) < 4.78 is 3.68. The van der Waals surface area contributed by atoms with Crippen LogP contribution in [0.1, 0.15) is 0 Å². The Hall–Kier alpha value is -2.03. The van der Waals surface area contributed by atoms with Gasteiger partial charge in [-0.05, 0) is 12.1 Å². The monoisotopic (exact) mass is 212 g/mol. The van der Waals surface area contributed by atoms with Crippen molar-refractivity contribution in [2.24, 2.45) is 14.1 Å². The molecule has 0 fully saturated rings. The Morgan fingerprint density at radius 1 is 1.00 bits per heavy atom. The third-order valence-corrected chi connectivity index (χ3v) is 3.14. The van der Waals surface area contributed by atoms with Crippen LogP contribution in [0.4, 0.5) is 0 Å². The molecule has 0 saturated carbocycles. The standard InChI is InChI=1S/C13H12N2O/c1-14-8-7-11-12(13(14)16)9-5-3-4-6-10(9)15(11)2/h3-8H,1-2H3. The molecule has 0 unspecified atom stereocenters. The molecule has 0 aliphatic rings. The molecular formula is C13H12N2O. The largest absolute Gasteiger partial charge is 0.343 e. The average Bonchev–Trinajstić information content (AvgIpc) is 2.59. The first-order valence-electron chi connectivity index (χ1n) is 5.23. The molecule has 0 atom stereocenters. The lowest BCUT2D eigenvalue weighted by molar-refractivity contribution is 0.870. The summed E-state index contributed by atoms with van der Waals surface area (Å²) in [5, 5.41) is 1.84. The number of aryl methyl sites for hydroxylation is 2. The van der Waals surface area contributed by atoms with E-state index in [1.165, 1.54) is 0 Å². The summed E-state index contributed by atoms with van der Waals surface area (Å²) in [6.45, 7) is 0. The molecule has 3 heteroatoms. The van der Waals surface area contributed by atoms with Gasteiger partial charge < -0.3 is 9.13 Å². The Morgan fingerprint density at radius 3 is 2.56 bits per heavy atom. The summed E-state index contributed by atoms with van der Waals surface area (Å²) in [4.78, 5) is 12.1. The molecule has 0 spiro atoms. The molecule has 0 bridgehead atoms. The zero-order chi connectivity index (χ0) is 11.3. The zero-order valence-corrected chi connectivity index (χ0v) is 9.27. The van der Waals surface area contributed by atoms with Gasteiger partial charge in [0.1, 0.15) is 0 Å². The molecule has 16 heavy (non-hydrogen) atoms. The van der Waals surface area contributed by atoms with E-state index in [0.717, 1.165) is 21.8 Å². The minimum absolute atomic E-state index is 0.0642. The van der Waals surface area contributed by atoms with Crippen LogP contribution < -0.4 is 5.56 Å². The van der Waals surface area contributed by atoms with Crippen LogP contribution in [0, 0.1) is 0 Å². The van der Waals surface area contributed by atoms with Crippen LogP contribution in [0.15, 0.2) is 41.3 Å². The third kappa shape index (κ3) is 0.999. The van der Waals surface area contributed by atoms with Crippen molar-refractivity contribution in [2.45, 2.75) is 0 Å². The smallest absolute Gasteiger partial charge is 0.260 e. The van der Waals surface area contributed by atoms with Crippen LogP contribution in [-0.2, 0) is 14.1 Å². The summed E-state index contributed by atoms with van der Waals surface area (Å²) in [7, 11) is 3.77. The predicted molar refractivity (Wildman–Crippen MR) is 65.7 cm³/mol. The number of rotatable bonds is 0. The number of hydrogen-bond acceptors (Lipinski definition) is 1. The lowest BCUT2D eigenvalue weighted by Gasteiger charge is -1.98. The molecule has 0 amide bonds. The number of benzene rings is 1. The molecule has 1 aromatic carbocycles. The Kier molecular flexibility index (Phi) is 1.72. The maximum Gasteiger partial charge on any atom is 0.260 e. The highest BCUT2D eigenvalue weighted by Crippen LogP contribution is 2.24. The second kappa shape index (κ2) is 2.98. The minimum atomic E-state index is 0.0642. The van der Waals surface area contributed by atoms with Gasteiger partial charge in [-0.25, -0.2) is 0 Å². The summed E-state index contributed by atoms with van der Waals surface area (Å²) in [5.74, 6) is 0. The second-order valence-electron chi connectivity index (χ2n) is 4.07. The number of hydrogen-bond donors (Lipinski definition) is 0. The molecule has 3 nitrogen and oxygen atoms in total. The summed E-state index contributed by atoms with van der Waals surface area (Å²) in [6, 6.07) is 9.98. The first kappa shape index (κ1) is 9.21. The van der Waals surface area contributed by atoms with Crippen molar-refractivity contribution in [2.75, 3.05) is 0 Å². The van der Waals surface area contributed by atoms with E-state index in [4.69, 9.17) is 0 Å². The quantitative estimate of drug-likeness (QED) is 0.560. The van der Waals surface area contributed by atoms with E-state index >= 15 is 0 Å². The Bertz CT molecular complexity index is 750. The molecule has 3 aromatic rings. The van der Waals surface area contributed by atoms with Gasteiger partial charge in [0, 0.05) is 31.2 Å². The van der Waals surface area contributed by atoms with E-state index < -0.39 is 0 Å². The van der Waals surface area contributed by atoms with Gasteiger partial charge in [-0.2, -0.15) is 0 Å². The van der Waals surface area contributed by atoms with Gasteiger partial charge in [0.25, 0.3) is 5.56 Å². The lowest BCUT2D eigenvalue weighted by atomic mass is 10.2. The highest BCUT2D eigenvalue weighted by molar-refractivity contribution is 6.07. The van der Waals surface area contributed by atoms with Gasteiger partial charge in [-0.1, -0.05) is 18.2 Å². The molecule has 0 saturated heterocycles. The molecule has 2 heterocycles. The van der Waals surface area contributed by atoms with Gasteiger partial charge in [-0.15, -0.1) is 0 Å². The molecule has 80 valence electrons. The van der Waals surface area contributed by atoms with E-state index in [9.17, 15) is 4.79 Å². The van der Waals surface area contributed by atoms with Crippen LogP contribution in [0.3, 0.4) is 0 Å². The van der Waals surface area contributed by atoms with Crippen molar-refractivity contribution >= 4 is 21.8 Å². The van der Waals surface area contributed by atoms with Gasteiger partial charge in [0.2, 0.25) is 0 Å². The summed E-state index contributed by atoms with van der Waals surface area (Å²) in [5.41, 5.74) is 2.15. The number of fused-ring (bicyclic) bond motifs is 3. The summed E-state index contributed by atoms with van der Waals surface area (Å²) >= 11 is 0. The minimum Gasteiger partial charge on any atom is -0.343 e. The fourth-order valence-corrected chi connectivity index (χ4v) is 2.26. The average molecular weight is 212 g/mol. The zero-order valence-electron chi connectivity index (χ0n) is 9.27.